The van der Waals surface area contributed by atoms with Crippen molar-refractivity contribution in [3.05, 3.63) is 18.2 Å². The molecule has 104 valence electrons. The highest BCUT2D eigenvalue weighted by atomic mass is 32.2. The summed E-state index contributed by atoms with van der Waals surface area (Å²) in [7, 11) is 0. The molecule has 1 aliphatic carbocycles. The smallest absolute Gasteiger partial charge is 0.162 e. The highest BCUT2D eigenvalue weighted by Crippen LogP contribution is 2.38. The van der Waals surface area contributed by atoms with E-state index in [2.05, 4.69) is 12.1 Å². The van der Waals surface area contributed by atoms with Gasteiger partial charge in [0.15, 0.2) is 11.5 Å². The molecule has 0 amide bonds. The number of fused-ring (bicyclic) bond motifs is 1. The van der Waals surface area contributed by atoms with Crippen LogP contribution >= 0.6 is 11.8 Å². The van der Waals surface area contributed by atoms with E-state index in [0.29, 0.717) is 24.5 Å². The van der Waals surface area contributed by atoms with Gasteiger partial charge < -0.3 is 15.2 Å². The maximum absolute atomic E-state index is 6.29. The molecule has 2 N–H and O–H groups in total. The fraction of sp³-hybridized carbons (Fsp3) is 0.600. The zero-order valence-corrected chi connectivity index (χ0v) is 12.0. The van der Waals surface area contributed by atoms with Crippen LogP contribution in [-0.2, 0) is 0 Å². The van der Waals surface area contributed by atoms with Gasteiger partial charge in [0.1, 0.15) is 13.2 Å². The van der Waals surface area contributed by atoms with Crippen LogP contribution in [-0.4, -0.2) is 24.5 Å². The molecule has 4 heteroatoms. The van der Waals surface area contributed by atoms with Crippen LogP contribution in [0.5, 0.6) is 11.5 Å². The van der Waals surface area contributed by atoms with Crippen molar-refractivity contribution in [3.63, 3.8) is 0 Å². The average Bonchev–Trinajstić information content (AvgIpc) is 2.64. The van der Waals surface area contributed by atoms with Crippen molar-refractivity contribution in [1.82, 2.24) is 0 Å². The van der Waals surface area contributed by atoms with E-state index in [4.69, 9.17) is 15.2 Å². The summed E-state index contributed by atoms with van der Waals surface area (Å²) in [5, 5.41) is 0.532. The van der Waals surface area contributed by atoms with Gasteiger partial charge in [-0.3, -0.25) is 0 Å². The van der Waals surface area contributed by atoms with Crippen molar-refractivity contribution in [2.24, 2.45) is 5.73 Å². The molecule has 1 aliphatic heterocycles. The predicted molar refractivity (Wildman–Crippen MR) is 78.1 cm³/mol. The first-order chi connectivity index (χ1) is 9.33. The van der Waals surface area contributed by atoms with Gasteiger partial charge in [-0.05, 0) is 31.0 Å². The highest BCUT2D eigenvalue weighted by molar-refractivity contribution is 8.00. The Morgan fingerprint density at radius 1 is 1.00 bits per heavy atom. The largest absolute Gasteiger partial charge is 0.486 e. The lowest BCUT2D eigenvalue weighted by molar-refractivity contribution is 0.171. The van der Waals surface area contributed by atoms with Crippen molar-refractivity contribution < 1.29 is 9.47 Å². The van der Waals surface area contributed by atoms with E-state index < -0.39 is 0 Å². The van der Waals surface area contributed by atoms with Gasteiger partial charge in [-0.25, -0.2) is 0 Å². The summed E-state index contributed by atoms with van der Waals surface area (Å²) in [6.45, 7) is 1.29. The van der Waals surface area contributed by atoms with E-state index in [1.165, 1.54) is 30.6 Å². The number of thioether (sulfide) groups is 1. The molecule has 0 bridgehead atoms. The summed E-state index contributed by atoms with van der Waals surface area (Å²) in [5.74, 6) is 1.74. The molecule has 2 aliphatic rings. The first-order valence-corrected chi connectivity index (χ1v) is 8.03. The number of hydrogen-bond acceptors (Lipinski definition) is 4. The summed E-state index contributed by atoms with van der Waals surface area (Å²) < 4.78 is 11.2. The van der Waals surface area contributed by atoms with Gasteiger partial charge in [0.25, 0.3) is 0 Å². The van der Waals surface area contributed by atoms with Crippen molar-refractivity contribution in [2.45, 2.75) is 48.3 Å². The van der Waals surface area contributed by atoms with Gasteiger partial charge in [0, 0.05) is 16.2 Å². The van der Waals surface area contributed by atoms with Crippen LogP contribution in [0, 0.1) is 0 Å². The van der Waals surface area contributed by atoms with E-state index in [9.17, 15) is 0 Å². The third kappa shape index (κ3) is 3.18. The van der Waals surface area contributed by atoms with Crippen LogP contribution in [0.1, 0.15) is 32.1 Å². The van der Waals surface area contributed by atoms with Crippen molar-refractivity contribution in [3.8, 4) is 11.5 Å². The third-order valence-corrected chi connectivity index (χ3v) is 5.22. The fourth-order valence-electron chi connectivity index (χ4n) is 2.72. The van der Waals surface area contributed by atoms with Gasteiger partial charge in [-0.1, -0.05) is 19.3 Å². The minimum Gasteiger partial charge on any atom is -0.486 e. The molecule has 1 aromatic rings. The van der Waals surface area contributed by atoms with Gasteiger partial charge in [-0.15, -0.1) is 11.8 Å². The van der Waals surface area contributed by atoms with Crippen LogP contribution in [0.2, 0.25) is 0 Å². The number of benzene rings is 1. The Kier molecular flexibility index (Phi) is 4.18. The second-order valence-corrected chi connectivity index (χ2v) is 6.58. The van der Waals surface area contributed by atoms with E-state index in [1.807, 2.05) is 17.8 Å². The van der Waals surface area contributed by atoms with E-state index in [-0.39, 0.29) is 0 Å². The lowest BCUT2D eigenvalue weighted by atomic mass is 10.1. The summed E-state index contributed by atoms with van der Waals surface area (Å²) in [6.07, 6.45) is 6.28. The zero-order chi connectivity index (χ0) is 13.1. The van der Waals surface area contributed by atoms with Crippen LogP contribution < -0.4 is 15.2 Å². The molecular weight excluding hydrogens is 258 g/mol. The quantitative estimate of drug-likeness (QED) is 0.844. The molecule has 0 spiro atoms. The molecule has 0 radical (unpaired) electrons. The first-order valence-electron chi connectivity index (χ1n) is 7.15. The topological polar surface area (TPSA) is 44.5 Å². The number of rotatable bonds is 2. The van der Waals surface area contributed by atoms with Crippen LogP contribution in [0.4, 0.5) is 0 Å². The Labute approximate surface area is 118 Å². The third-order valence-electron chi connectivity index (χ3n) is 3.80. The molecule has 1 saturated carbocycles. The molecular formula is C15H21NO2S. The summed E-state index contributed by atoms with van der Waals surface area (Å²) in [5.41, 5.74) is 6.29. The number of ether oxygens (including phenoxy) is 2. The average molecular weight is 279 g/mol. The van der Waals surface area contributed by atoms with E-state index in [0.717, 1.165) is 17.9 Å². The molecule has 2 unspecified atom stereocenters. The first kappa shape index (κ1) is 13.1. The molecule has 0 saturated heterocycles. The molecule has 1 aromatic carbocycles. The molecule has 3 nitrogen and oxygen atoms in total. The molecule has 1 heterocycles. The highest BCUT2D eigenvalue weighted by Gasteiger charge is 2.22. The summed E-state index contributed by atoms with van der Waals surface area (Å²) >= 11 is 1.90. The standard InChI is InChI=1S/C15H21NO2S/c16-12-4-2-1-3-5-15(12)19-11-6-7-13-14(10-11)18-9-8-17-13/h6-7,10,12,15H,1-5,8-9,16H2. The fourth-order valence-corrected chi connectivity index (χ4v) is 3.99. The zero-order valence-electron chi connectivity index (χ0n) is 11.1. The Morgan fingerprint density at radius 3 is 2.68 bits per heavy atom. The maximum atomic E-state index is 6.29. The molecule has 3 rings (SSSR count). The Morgan fingerprint density at radius 2 is 1.79 bits per heavy atom. The summed E-state index contributed by atoms with van der Waals surface area (Å²) in [6, 6.07) is 6.55. The minimum atomic E-state index is 0.320. The van der Waals surface area contributed by atoms with Crippen LogP contribution in [0.25, 0.3) is 0 Å². The second-order valence-electron chi connectivity index (χ2n) is 5.26. The minimum absolute atomic E-state index is 0.320. The van der Waals surface area contributed by atoms with E-state index >= 15 is 0 Å². The van der Waals surface area contributed by atoms with Crippen LogP contribution in [0.3, 0.4) is 0 Å². The number of nitrogens with two attached hydrogens (primary N) is 1. The van der Waals surface area contributed by atoms with Crippen molar-refractivity contribution >= 4 is 11.8 Å². The monoisotopic (exact) mass is 279 g/mol. The van der Waals surface area contributed by atoms with Crippen molar-refractivity contribution in [1.29, 1.82) is 0 Å². The molecule has 0 aromatic heterocycles. The van der Waals surface area contributed by atoms with Crippen LogP contribution in [0.15, 0.2) is 23.1 Å². The second kappa shape index (κ2) is 6.06. The van der Waals surface area contributed by atoms with Gasteiger partial charge >= 0.3 is 0 Å². The Bertz CT molecular complexity index is 438. The molecule has 19 heavy (non-hydrogen) atoms. The van der Waals surface area contributed by atoms with Gasteiger partial charge in [0.05, 0.1) is 0 Å². The molecule has 1 fully saturated rings. The van der Waals surface area contributed by atoms with Crippen molar-refractivity contribution in [2.75, 3.05) is 13.2 Å². The van der Waals surface area contributed by atoms with E-state index in [1.54, 1.807) is 0 Å². The lowest BCUT2D eigenvalue weighted by Crippen LogP contribution is -2.31. The Balaban J connectivity index is 1.71. The number of hydrogen-bond donors (Lipinski definition) is 1. The van der Waals surface area contributed by atoms with Gasteiger partial charge in [-0.2, -0.15) is 0 Å². The summed E-state index contributed by atoms with van der Waals surface area (Å²) in [4.78, 5) is 1.24. The maximum Gasteiger partial charge on any atom is 0.162 e. The lowest BCUT2D eigenvalue weighted by Gasteiger charge is -2.22. The Hall–Kier alpha value is -0.870. The predicted octanol–water partition coefficient (Wildman–Crippen LogP) is 3.21. The molecule has 2 atom stereocenters. The van der Waals surface area contributed by atoms with Gasteiger partial charge in [0.2, 0.25) is 0 Å². The normalized spacial score (nSPS) is 26.8. The SMILES string of the molecule is NC1CCCCCC1Sc1ccc2c(c1)OCCO2.